The van der Waals surface area contributed by atoms with Crippen molar-refractivity contribution in [3.05, 3.63) is 29.8 Å². The number of ether oxygens (including phenoxy) is 1. The Morgan fingerprint density at radius 1 is 1.35 bits per heavy atom. The lowest BCUT2D eigenvalue weighted by Gasteiger charge is -2.12. The lowest BCUT2D eigenvalue weighted by atomic mass is 10.0. The second kappa shape index (κ2) is 5.54. The fourth-order valence-corrected chi connectivity index (χ4v) is 2.08. The summed E-state index contributed by atoms with van der Waals surface area (Å²) < 4.78 is 5.66. The third-order valence-corrected chi connectivity index (χ3v) is 3.17. The predicted octanol–water partition coefficient (Wildman–Crippen LogP) is 3.18. The molecule has 0 amide bonds. The van der Waals surface area contributed by atoms with E-state index in [4.69, 9.17) is 4.74 Å². The van der Waals surface area contributed by atoms with E-state index in [9.17, 15) is 5.11 Å². The molecule has 2 nitrogen and oxygen atoms in total. The van der Waals surface area contributed by atoms with Crippen LogP contribution in [0.2, 0.25) is 0 Å². The van der Waals surface area contributed by atoms with Crippen LogP contribution in [0.1, 0.15) is 38.7 Å². The minimum absolute atomic E-state index is 0.107. The van der Waals surface area contributed by atoms with Gasteiger partial charge in [-0.2, -0.15) is 0 Å². The molecule has 1 aromatic rings. The van der Waals surface area contributed by atoms with Crippen LogP contribution >= 0.6 is 0 Å². The monoisotopic (exact) mass is 234 g/mol. The third kappa shape index (κ3) is 4.04. The van der Waals surface area contributed by atoms with Gasteiger partial charge in [-0.15, -0.1) is 0 Å². The van der Waals surface area contributed by atoms with E-state index in [1.807, 2.05) is 26.0 Å². The molecular weight excluding hydrogens is 212 g/mol. The van der Waals surface area contributed by atoms with Gasteiger partial charge in [-0.25, -0.2) is 0 Å². The van der Waals surface area contributed by atoms with Crippen LogP contribution in [0.3, 0.4) is 0 Å². The smallest absolute Gasteiger partial charge is 0.119 e. The van der Waals surface area contributed by atoms with Crippen LogP contribution in [-0.4, -0.2) is 17.3 Å². The summed E-state index contributed by atoms with van der Waals surface area (Å²) in [5.74, 6) is 1.50. The summed E-state index contributed by atoms with van der Waals surface area (Å²) in [6.45, 7) is 4.06. The Morgan fingerprint density at radius 3 is 2.76 bits per heavy atom. The molecule has 17 heavy (non-hydrogen) atoms. The summed E-state index contributed by atoms with van der Waals surface area (Å²) in [6.07, 6.45) is 4.32. The second-order valence-electron chi connectivity index (χ2n) is 5.26. The SMILES string of the molecule is CC(C)Oc1cccc(CCC(O)C2CC2)c1. The molecule has 2 heteroatoms. The summed E-state index contributed by atoms with van der Waals surface area (Å²) in [7, 11) is 0. The molecule has 0 heterocycles. The van der Waals surface area contributed by atoms with Gasteiger partial charge in [0.05, 0.1) is 12.2 Å². The molecule has 0 aliphatic heterocycles. The van der Waals surface area contributed by atoms with Crippen molar-refractivity contribution >= 4 is 0 Å². The highest BCUT2D eigenvalue weighted by molar-refractivity contribution is 5.28. The Labute approximate surface area is 104 Å². The van der Waals surface area contributed by atoms with Gasteiger partial charge in [0, 0.05) is 0 Å². The molecular formula is C15H22O2. The van der Waals surface area contributed by atoms with Crippen LogP contribution in [-0.2, 0) is 6.42 Å². The maximum Gasteiger partial charge on any atom is 0.119 e. The molecule has 0 aromatic heterocycles. The van der Waals surface area contributed by atoms with Crippen LogP contribution in [0, 0.1) is 5.92 Å². The van der Waals surface area contributed by atoms with Crippen molar-refractivity contribution in [1.82, 2.24) is 0 Å². The number of rotatable bonds is 6. The molecule has 1 aliphatic rings. The molecule has 2 rings (SSSR count). The first kappa shape index (κ1) is 12.4. The van der Waals surface area contributed by atoms with Gasteiger partial charge < -0.3 is 9.84 Å². The summed E-state index contributed by atoms with van der Waals surface area (Å²) >= 11 is 0. The predicted molar refractivity (Wildman–Crippen MR) is 69.3 cm³/mol. The maximum absolute atomic E-state index is 9.83. The first-order valence-electron chi connectivity index (χ1n) is 6.59. The minimum atomic E-state index is -0.107. The van der Waals surface area contributed by atoms with E-state index in [0.29, 0.717) is 5.92 Å². The number of benzene rings is 1. The van der Waals surface area contributed by atoms with Gasteiger partial charge in [0.1, 0.15) is 5.75 Å². The molecule has 1 N–H and O–H groups in total. The van der Waals surface area contributed by atoms with E-state index in [2.05, 4.69) is 12.1 Å². The van der Waals surface area contributed by atoms with Crippen molar-refractivity contribution < 1.29 is 9.84 Å². The Morgan fingerprint density at radius 2 is 2.12 bits per heavy atom. The van der Waals surface area contributed by atoms with Gasteiger partial charge in [-0.3, -0.25) is 0 Å². The highest BCUT2D eigenvalue weighted by Crippen LogP contribution is 2.34. The quantitative estimate of drug-likeness (QED) is 0.819. The van der Waals surface area contributed by atoms with Gasteiger partial charge >= 0.3 is 0 Å². The molecule has 1 atom stereocenters. The van der Waals surface area contributed by atoms with E-state index in [1.165, 1.54) is 18.4 Å². The molecule has 0 bridgehead atoms. The van der Waals surface area contributed by atoms with Crippen molar-refractivity contribution in [3.63, 3.8) is 0 Å². The number of hydrogen-bond acceptors (Lipinski definition) is 2. The van der Waals surface area contributed by atoms with Gasteiger partial charge in [0.2, 0.25) is 0 Å². The van der Waals surface area contributed by atoms with Crippen LogP contribution in [0.15, 0.2) is 24.3 Å². The molecule has 1 fully saturated rings. The lowest BCUT2D eigenvalue weighted by molar-refractivity contribution is 0.142. The fourth-order valence-electron chi connectivity index (χ4n) is 2.08. The lowest BCUT2D eigenvalue weighted by Crippen LogP contribution is -2.10. The minimum Gasteiger partial charge on any atom is -0.491 e. The van der Waals surface area contributed by atoms with Crippen molar-refractivity contribution in [2.24, 2.45) is 5.92 Å². The molecule has 0 radical (unpaired) electrons. The normalized spacial score (nSPS) is 17.2. The van der Waals surface area contributed by atoms with Crippen molar-refractivity contribution in [1.29, 1.82) is 0 Å². The summed E-state index contributed by atoms with van der Waals surface area (Å²) in [4.78, 5) is 0. The van der Waals surface area contributed by atoms with Crippen LogP contribution < -0.4 is 4.74 Å². The molecule has 0 saturated heterocycles. The van der Waals surface area contributed by atoms with Crippen LogP contribution in [0.5, 0.6) is 5.75 Å². The van der Waals surface area contributed by atoms with E-state index in [-0.39, 0.29) is 12.2 Å². The molecule has 1 aliphatic carbocycles. The number of aryl methyl sites for hydroxylation is 1. The molecule has 94 valence electrons. The first-order valence-corrected chi connectivity index (χ1v) is 6.59. The zero-order chi connectivity index (χ0) is 12.3. The Bertz CT molecular complexity index is 356. The largest absolute Gasteiger partial charge is 0.491 e. The number of aliphatic hydroxyl groups excluding tert-OH is 1. The molecule has 1 aromatic carbocycles. The third-order valence-electron chi connectivity index (χ3n) is 3.17. The van der Waals surface area contributed by atoms with Crippen molar-refractivity contribution in [2.45, 2.75) is 51.7 Å². The summed E-state index contributed by atoms with van der Waals surface area (Å²) in [5.41, 5.74) is 1.25. The van der Waals surface area contributed by atoms with Crippen LogP contribution in [0.25, 0.3) is 0 Å². The average Bonchev–Trinajstić information content (AvgIpc) is 3.09. The van der Waals surface area contributed by atoms with Crippen LogP contribution in [0.4, 0.5) is 0 Å². The fraction of sp³-hybridized carbons (Fsp3) is 0.600. The first-order chi connectivity index (χ1) is 8.15. The van der Waals surface area contributed by atoms with E-state index in [0.717, 1.165) is 18.6 Å². The summed E-state index contributed by atoms with van der Waals surface area (Å²) in [6, 6.07) is 8.20. The number of aliphatic hydroxyl groups is 1. The Balaban J connectivity index is 1.86. The van der Waals surface area contributed by atoms with Gasteiger partial charge in [-0.1, -0.05) is 12.1 Å². The van der Waals surface area contributed by atoms with Gasteiger partial charge in [0.15, 0.2) is 0 Å². The molecule has 1 unspecified atom stereocenters. The average molecular weight is 234 g/mol. The van der Waals surface area contributed by atoms with Gasteiger partial charge in [-0.05, 0) is 63.1 Å². The number of hydrogen-bond donors (Lipinski definition) is 1. The Kier molecular flexibility index (Phi) is 4.06. The van der Waals surface area contributed by atoms with Gasteiger partial charge in [0.25, 0.3) is 0 Å². The highest BCUT2D eigenvalue weighted by atomic mass is 16.5. The highest BCUT2D eigenvalue weighted by Gasteiger charge is 2.29. The van der Waals surface area contributed by atoms with E-state index < -0.39 is 0 Å². The van der Waals surface area contributed by atoms with E-state index in [1.54, 1.807) is 0 Å². The second-order valence-corrected chi connectivity index (χ2v) is 5.26. The maximum atomic E-state index is 9.83. The zero-order valence-electron chi connectivity index (χ0n) is 10.7. The topological polar surface area (TPSA) is 29.5 Å². The van der Waals surface area contributed by atoms with Crippen molar-refractivity contribution in [2.75, 3.05) is 0 Å². The standard InChI is InChI=1S/C15H22O2/c1-11(2)17-14-5-3-4-12(10-14)6-9-15(16)13-7-8-13/h3-5,10-11,13,15-16H,6-9H2,1-2H3. The Hall–Kier alpha value is -1.02. The molecule has 0 spiro atoms. The summed E-state index contributed by atoms with van der Waals surface area (Å²) in [5, 5.41) is 9.83. The van der Waals surface area contributed by atoms with E-state index >= 15 is 0 Å². The van der Waals surface area contributed by atoms with Crippen molar-refractivity contribution in [3.8, 4) is 5.75 Å². The molecule has 1 saturated carbocycles. The zero-order valence-corrected chi connectivity index (χ0v) is 10.7.